The Kier molecular flexibility index (Phi) is 8.94. The van der Waals surface area contributed by atoms with E-state index in [2.05, 4.69) is 245 Å². The molecule has 0 atom stereocenters. The van der Waals surface area contributed by atoms with E-state index in [0.29, 0.717) is 0 Å². The first kappa shape index (κ1) is 43.8. The molecule has 0 saturated carbocycles. The highest BCUT2D eigenvalue weighted by Crippen LogP contribution is 2.56. The number of anilines is 6. The second-order valence-corrected chi connectivity index (χ2v) is 25.5. The van der Waals surface area contributed by atoms with Gasteiger partial charge in [0.15, 0.2) is 0 Å². The third-order valence-electron chi connectivity index (χ3n) is 15.7. The number of hydrogen-bond donors (Lipinski definition) is 0. The van der Waals surface area contributed by atoms with Crippen molar-refractivity contribution in [2.45, 2.75) is 131 Å². The fourth-order valence-electron chi connectivity index (χ4n) is 11.7. The minimum Gasteiger partial charge on any atom is -0.468 e. The summed E-state index contributed by atoms with van der Waals surface area (Å²) in [5.41, 5.74) is 21.7. The van der Waals surface area contributed by atoms with E-state index in [-0.39, 0.29) is 33.8 Å². The minimum absolute atomic E-state index is 0.00216. The lowest BCUT2D eigenvalue weighted by Gasteiger charge is -2.43. The summed E-state index contributed by atoms with van der Waals surface area (Å²) in [6, 6.07) is 49.5. The van der Waals surface area contributed by atoms with E-state index in [4.69, 9.17) is 4.42 Å². The number of nitrogens with zero attached hydrogens (tertiary/aromatic N) is 3. The Morgan fingerprint density at radius 1 is 0.406 bits per heavy atom. The number of rotatable bonds is 2. The SMILES string of the molecule is CC(C)(C)c1ccc(N2c3ccc(C(C)(C)C)cc3B3c4oc5ccccc5c4N(c4ccc(C(C)(C)C)cc4)c4c3c2c2c3cc(C(C)(C)C)ccc3n3c5ccc(C(C)(C)C)cc5c4c23)cc1. The van der Waals surface area contributed by atoms with Crippen LogP contribution in [0.25, 0.3) is 49.1 Å². The van der Waals surface area contributed by atoms with Gasteiger partial charge in [0.25, 0.3) is 6.71 Å². The fourth-order valence-corrected chi connectivity index (χ4v) is 11.7. The molecule has 10 aromatic rings. The Morgan fingerprint density at radius 2 is 0.841 bits per heavy atom. The van der Waals surface area contributed by atoms with E-state index in [1.54, 1.807) is 0 Å². The van der Waals surface area contributed by atoms with Crippen LogP contribution in [0.1, 0.15) is 132 Å². The second-order valence-electron chi connectivity index (χ2n) is 25.5. The largest absolute Gasteiger partial charge is 0.468 e. The van der Waals surface area contributed by atoms with Crippen molar-refractivity contribution in [3.05, 3.63) is 155 Å². The Labute approximate surface area is 409 Å². The molecule has 0 fully saturated rings. The van der Waals surface area contributed by atoms with Crippen LogP contribution in [0.3, 0.4) is 0 Å². The van der Waals surface area contributed by atoms with E-state index in [0.717, 1.165) is 33.7 Å². The normalized spacial score (nSPS) is 14.5. The highest BCUT2D eigenvalue weighted by Gasteiger charge is 2.50. The molecular formula is C64H66BN3O. The predicted octanol–water partition coefficient (Wildman–Crippen LogP) is 16.2. The van der Waals surface area contributed by atoms with Crippen LogP contribution in [-0.4, -0.2) is 11.1 Å². The summed E-state index contributed by atoms with van der Waals surface area (Å²) in [6.07, 6.45) is 0. The molecule has 7 aromatic carbocycles. The zero-order chi connectivity index (χ0) is 48.6. The van der Waals surface area contributed by atoms with Crippen LogP contribution in [0.5, 0.6) is 0 Å². The molecule has 2 aliphatic rings. The molecule has 5 heteroatoms. The van der Waals surface area contributed by atoms with Crippen LogP contribution in [0.2, 0.25) is 0 Å². The van der Waals surface area contributed by atoms with Crippen molar-refractivity contribution in [2.24, 2.45) is 0 Å². The van der Waals surface area contributed by atoms with Crippen LogP contribution >= 0.6 is 0 Å². The van der Waals surface area contributed by atoms with Crippen LogP contribution in [0, 0.1) is 0 Å². The fraction of sp³-hybridized carbons (Fsp3) is 0.312. The smallest absolute Gasteiger partial charge is 0.297 e. The quantitative estimate of drug-likeness (QED) is 0.162. The summed E-state index contributed by atoms with van der Waals surface area (Å²) >= 11 is 0. The summed E-state index contributed by atoms with van der Waals surface area (Å²) in [7, 11) is 0. The van der Waals surface area contributed by atoms with Gasteiger partial charge in [0, 0.05) is 44.0 Å². The van der Waals surface area contributed by atoms with E-state index in [9.17, 15) is 0 Å². The molecule has 0 aliphatic carbocycles. The summed E-state index contributed by atoms with van der Waals surface area (Å²) in [5.74, 6) is 0. The van der Waals surface area contributed by atoms with Gasteiger partial charge in [-0.2, -0.15) is 0 Å². The predicted molar refractivity (Wildman–Crippen MR) is 298 cm³/mol. The number of para-hydroxylation sites is 1. The lowest BCUT2D eigenvalue weighted by atomic mass is 9.35. The van der Waals surface area contributed by atoms with Crippen molar-refractivity contribution in [1.82, 2.24) is 4.40 Å². The molecular weight excluding hydrogens is 838 g/mol. The Hall–Kier alpha value is -6.46. The van der Waals surface area contributed by atoms with Crippen molar-refractivity contribution >= 4 is 106 Å². The monoisotopic (exact) mass is 904 g/mol. The topological polar surface area (TPSA) is 24.0 Å². The molecule has 0 amide bonds. The number of aromatic nitrogens is 1. The molecule has 5 heterocycles. The van der Waals surface area contributed by atoms with Crippen molar-refractivity contribution < 1.29 is 4.42 Å². The Balaban J connectivity index is 1.36. The molecule has 0 radical (unpaired) electrons. The van der Waals surface area contributed by atoms with Crippen molar-refractivity contribution in [3.8, 4) is 0 Å². The number of hydrogen-bond acceptors (Lipinski definition) is 3. The molecule has 12 rings (SSSR count). The van der Waals surface area contributed by atoms with E-state index < -0.39 is 0 Å². The first-order valence-electron chi connectivity index (χ1n) is 25.2. The van der Waals surface area contributed by atoms with Gasteiger partial charge in [-0.25, -0.2) is 0 Å². The molecule has 0 bridgehead atoms. The average Bonchev–Trinajstić information content (AvgIpc) is 3.94. The number of furan rings is 1. The van der Waals surface area contributed by atoms with Crippen molar-refractivity contribution in [2.75, 3.05) is 9.80 Å². The van der Waals surface area contributed by atoms with Crippen LogP contribution in [0.15, 0.2) is 132 Å². The highest BCUT2D eigenvalue weighted by atomic mass is 16.3. The molecule has 0 saturated heterocycles. The Bertz CT molecular complexity index is 3740. The lowest BCUT2D eigenvalue weighted by Crippen LogP contribution is -2.61. The van der Waals surface area contributed by atoms with Gasteiger partial charge >= 0.3 is 0 Å². The van der Waals surface area contributed by atoms with Gasteiger partial charge in [0.1, 0.15) is 5.58 Å². The summed E-state index contributed by atoms with van der Waals surface area (Å²) in [4.78, 5) is 5.24. The summed E-state index contributed by atoms with van der Waals surface area (Å²) < 4.78 is 10.1. The number of benzene rings is 7. The van der Waals surface area contributed by atoms with E-state index in [1.165, 1.54) is 93.9 Å². The zero-order valence-electron chi connectivity index (χ0n) is 43.5. The average molecular weight is 904 g/mol. The Morgan fingerprint density at radius 3 is 1.35 bits per heavy atom. The molecule has 0 N–H and O–H groups in total. The first-order valence-corrected chi connectivity index (χ1v) is 25.2. The van der Waals surface area contributed by atoms with Gasteiger partial charge in [-0.1, -0.05) is 165 Å². The van der Waals surface area contributed by atoms with Crippen LogP contribution in [-0.2, 0) is 27.1 Å². The minimum atomic E-state index is -0.204. The van der Waals surface area contributed by atoms with Gasteiger partial charge < -0.3 is 18.6 Å². The highest BCUT2D eigenvalue weighted by molar-refractivity contribution is 7.00. The second kappa shape index (κ2) is 14.1. The van der Waals surface area contributed by atoms with E-state index >= 15 is 0 Å². The van der Waals surface area contributed by atoms with Gasteiger partial charge in [-0.3, -0.25) is 0 Å². The summed E-state index contributed by atoms with van der Waals surface area (Å²) in [5, 5.41) is 6.26. The van der Waals surface area contributed by atoms with Crippen LogP contribution < -0.4 is 26.4 Å². The maximum Gasteiger partial charge on any atom is 0.297 e. The number of fused-ring (bicyclic) bond motifs is 14. The van der Waals surface area contributed by atoms with Crippen molar-refractivity contribution in [3.63, 3.8) is 0 Å². The van der Waals surface area contributed by atoms with Gasteiger partial charge in [0.2, 0.25) is 0 Å². The third-order valence-corrected chi connectivity index (χ3v) is 15.7. The molecule has 0 spiro atoms. The van der Waals surface area contributed by atoms with E-state index in [1.807, 2.05) is 0 Å². The van der Waals surface area contributed by atoms with Crippen molar-refractivity contribution in [1.29, 1.82) is 0 Å². The molecule has 2 aliphatic heterocycles. The third kappa shape index (κ3) is 6.34. The zero-order valence-corrected chi connectivity index (χ0v) is 43.5. The van der Waals surface area contributed by atoms with Gasteiger partial charge in [0.05, 0.1) is 39.3 Å². The first-order chi connectivity index (χ1) is 32.4. The molecule has 4 nitrogen and oxygen atoms in total. The standard InChI is InChI=1S/C64H66BN3O/c1-60(2,3)37-20-27-42(28-21-37)66-50-33-26-41(64(13,14)15)36-47(50)65-54-57(66)52-45-34-39(62(7,8)9)24-31-48(45)68-49-32-25-40(63(10,11)12)35-46(49)53(56(52)68)58(54)67(43-29-22-38(23-30-43)61(4,5)6)55-44-18-16-17-19-51(44)69-59(55)65/h16-36H,1-15H3. The maximum atomic E-state index is 7.45. The lowest BCUT2D eigenvalue weighted by molar-refractivity contribution is 0.590. The molecule has 0 unspecified atom stereocenters. The molecule has 3 aromatic heterocycles. The molecule has 346 valence electrons. The molecule has 69 heavy (non-hydrogen) atoms. The van der Waals surface area contributed by atoms with Gasteiger partial charge in [-0.15, -0.1) is 0 Å². The van der Waals surface area contributed by atoms with Crippen LogP contribution in [0.4, 0.5) is 34.1 Å². The van der Waals surface area contributed by atoms with Gasteiger partial charge in [-0.05, 0) is 133 Å². The maximum absolute atomic E-state index is 7.45. The summed E-state index contributed by atoms with van der Waals surface area (Å²) in [6.45, 7) is 34.7.